The van der Waals surface area contributed by atoms with Gasteiger partial charge in [0.05, 0.1) is 11.0 Å². The van der Waals surface area contributed by atoms with Crippen molar-refractivity contribution in [2.45, 2.75) is 17.1 Å². The third-order valence-electron chi connectivity index (χ3n) is 4.15. The number of ether oxygens (including phenoxy) is 1. The Balaban J connectivity index is 1.73. The van der Waals surface area contributed by atoms with Crippen LogP contribution in [0, 0.1) is 11.3 Å². The summed E-state index contributed by atoms with van der Waals surface area (Å²) in [5, 5.41) is 19.4. The zero-order chi connectivity index (χ0) is 20.1. The van der Waals surface area contributed by atoms with Gasteiger partial charge < -0.3 is 14.4 Å². The van der Waals surface area contributed by atoms with Crippen LogP contribution in [0.4, 0.5) is 0 Å². The molecule has 0 saturated carbocycles. The first-order valence-electron chi connectivity index (χ1n) is 8.63. The molecule has 3 aromatic rings. The fourth-order valence-electron chi connectivity index (χ4n) is 2.69. The van der Waals surface area contributed by atoms with Crippen LogP contribution < -0.4 is 0 Å². The molecule has 1 heterocycles. The number of benzene rings is 2. The quantitative estimate of drug-likeness (QED) is 0.294. The van der Waals surface area contributed by atoms with E-state index in [1.54, 1.807) is 18.5 Å². The van der Waals surface area contributed by atoms with E-state index in [-0.39, 0.29) is 17.9 Å². The Hall–Kier alpha value is -3.24. The summed E-state index contributed by atoms with van der Waals surface area (Å²) < 4.78 is 6.92. The molecule has 2 aromatic carbocycles. The minimum absolute atomic E-state index is 0.0186. The molecule has 28 heavy (non-hydrogen) atoms. The summed E-state index contributed by atoms with van der Waals surface area (Å²) in [4.78, 5) is 17.6. The molecule has 0 spiro atoms. The Morgan fingerprint density at radius 2 is 1.93 bits per heavy atom. The number of hydrogen-bond donors (Lipinski definition) is 1. The molecule has 0 unspecified atom stereocenters. The Kier molecular flexibility index (Phi) is 6.02. The van der Waals surface area contributed by atoms with Gasteiger partial charge in [0.2, 0.25) is 0 Å². The van der Waals surface area contributed by atoms with Gasteiger partial charge >= 0.3 is 5.97 Å². The van der Waals surface area contributed by atoms with Crippen LogP contribution in [0.25, 0.3) is 16.6 Å². The first-order chi connectivity index (χ1) is 13.5. The smallest absolute Gasteiger partial charge is 0.319 e. The number of carbonyl (C=O) groups excluding carboxylic acids is 1. The second-order valence-corrected chi connectivity index (χ2v) is 7.51. The number of imidazole rings is 1. The predicted octanol–water partition coefficient (Wildman–Crippen LogP) is 4.09. The van der Waals surface area contributed by atoms with Crippen LogP contribution in [0.5, 0.6) is 0 Å². The number of aromatic nitrogens is 2. The Morgan fingerprint density at radius 1 is 1.25 bits per heavy atom. The van der Waals surface area contributed by atoms with Gasteiger partial charge in [0.25, 0.3) is 0 Å². The maximum atomic E-state index is 12.2. The lowest BCUT2D eigenvalue weighted by Crippen LogP contribution is -2.18. The summed E-state index contributed by atoms with van der Waals surface area (Å²) in [7, 11) is 1.76. The summed E-state index contributed by atoms with van der Waals surface area (Å²) in [5.41, 5.74) is 1.53. The predicted molar refractivity (Wildman–Crippen MR) is 109 cm³/mol. The van der Waals surface area contributed by atoms with Gasteiger partial charge in [0, 0.05) is 11.9 Å². The molecule has 3 rings (SSSR count). The fourth-order valence-corrected chi connectivity index (χ4v) is 3.58. The Morgan fingerprint density at radius 3 is 2.61 bits per heavy atom. The Bertz CT molecular complexity index is 1070. The standard InChI is InChI=1S/C21H19N3O3S/c1-14(28-15-8-4-3-5-9-15)21(26)27-13-19(25)16(12-22)20-23-17-10-6-7-11-18(17)24(20)2/h3-11,14,25H,13H2,1-2H3/b19-16-/t14-/m0/s1. The van der Waals surface area contributed by atoms with E-state index in [4.69, 9.17) is 4.74 Å². The average molecular weight is 393 g/mol. The van der Waals surface area contributed by atoms with Gasteiger partial charge in [-0.15, -0.1) is 11.8 Å². The summed E-state index contributed by atoms with van der Waals surface area (Å²) in [6.07, 6.45) is 0. The highest BCUT2D eigenvalue weighted by Gasteiger charge is 2.20. The molecule has 6 nitrogen and oxygen atoms in total. The van der Waals surface area contributed by atoms with Gasteiger partial charge in [-0.2, -0.15) is 5.26 Å². The van der Waals surface area contributed by atoms with Crippen molar-refractivity contribution in [2.75, 3.05) is 6.61 Å². The maximum Gasteiger partial charge on any atom is 0.319 e. The molecule has 0 aliphatic heterocycles. The topological polar surface area (TPSA) is 88.1 Å². The molecule has 0 amide bonds. The third kappa shape index (κ3) is 4.18. The van der Waals surface area contributed by atoms with Gasteiger partial charge in [-0.1, -0.05) is 30.3 Å². The number of fused-ring (bicyclic) bond motifs is 1. The number of carbonyl (C=O) groups is 1. The van der Waals surface area contributed by atoms with E-state index in [9.17, 15) is 15.2 Å². The van der Waals surface area contributed by atoms with Crippen LogP contribution in [0.15, 0.2) is 65.3 Å². The number of rotatable bonds is 6. The van der Waals surface area contributed by atoms with E-state index in [1.807, 2.05) is 60.7 Å². The van der Waals surface area contributed by atoms with E-state index in [1.165, 1.54) is 11.8 Å². The van der Waals surface area contributed by atoms with E-state index < -0.39 is 11.2 Å². The number of nitriles is 1. The lowest BCUT2D eigenvalue weighted by atomic mass is 10.2. The highest BCUT2D eigenvalue weighted by Crippen LogP contribution is 2.24. The number of hydrogen-bond acceptors (Lipinski definition) is 6. The number of para-hydroxylation sites is 2. The zero-order valence-corrected chi connectivity index (χ0v) is 16.3. The van der Waals surface area contributed by atoms with Crippen LogP contribution >= 0.6 is 11.8 Å². The molecule has 0 aliphatic carbocycles. The molecule has 1 aromatic heterocycles. The monoisotopic (exact) mass is 393 g/mol. The summed E-state index contributed by atoms with van der Waals surface area (Å²) in [6.45, 7) is 1.35. The number of nitrogens with zero attached hydrogens (tertiary/aromatic N) is 3. The van der Waals surface area contributed by atoms with E-state index in [2.05, 4.69) is 4.98 Å². The molecule has 142 valence electrons. The second kappa shape index (κ2) is 8.63. The van der Waals surface area contributed by atoms with Gasteiger partial charge in [0.1, 0.15) is 23.5 Å². The summed E-state index contributed by atoms with van der Waals surface area (Å²) >= 11 is 1.37. The molecular weight excluding hydrogens is 374 g/mol. The van der Waals surface area contributed by atoms with Crippen molar-refractivity contribution in [3.05, 3.63) is 66.2 Å². The summed E-state index contributed by atoms with van der Waals surface area (Å²) in [5.74, 6) is -0.474. The molecule has 0 bridgehead atoms. The number of aliphatic hydroxyl groups excluding tert-OH is 1. The average Bonchev–Trinajstić information content (AvgIpc) is 3.04. The van der Waals surface area contributed by atoms with Crippen LogP contribution in [-0.2, 0) is 16.6 Å². The second-order valence-electron chi connectivity index (χ2n) is 6.10. The van der Waals surface area contributed by atoms with Crippen molar-refractivity contribution in [1.29, 1.82) is 5.26 Å². The molecule has 7 heteroatoms. The summed E-state index contributed by atoms with van der Waals surface area (Å²) in [6, 6.07) is 18.9. The molecule has 0 saturated heterocycles. The molecule has 1 atom stereocenters. The zero-order valence-electron chi connectivity index (χ0n) is 15.5. The highest BCUT2D eigenvalue weighted by molar-refractivity contribution is 8.00. The molecule has 1 N–H and O–H groups in total. The molecule has 0 radical (unpaired) electrons. The fraction of sp³-hybridized carbons (Fsp3) is 0.190. The number of esters is 1. The van der Waals surface area contributed by atoms with Crippen molar-refractivity contribution < 1.29 is 14.6 Å². The third-order valence-corrected chi connectivity index (χ3v) is 5.24. The maximum absolute atomic E-state index is 12.2. The van der Waals surface area contributed by atoms with Crippen LogP contribution in [0.1, 0.15) is 12.7 Å². The van der Waals surface area contributed by atoms with Gasteiger partial charge in [0.15, 0.2) is 11.6 Å². The normalized spacial score (nSPS) is 12.9. The Labute approximate surface area is 167 Å². The van der Waals surface area contributed by atoms with Crippen LogP contribution in [-0.4, -0.2) is 32.5 Å². The molecule has 0 aliphatic rings. The van der Waals surface area contributed by atoms with Crippen LogP contribution in [0.3, 0.4) is 0 Å². The van der Waals surface area contributed by atoms with Gasteiger partial charge in [-0.3, -0.25) is 4.79 Å². The first kappa shape index (κ1) is 19.5. The van der Waals surface area contributed by atoms with E-state index in [0.29, 0.717) is 11.3 Å². The number of thioether (sulfide) groups is 1. The highest BCUT2D eigenvalue weighted by atomic mass is 32.2. The van der Waals surface area contributed by atoms with Crippen molar-refractivity contribution >= 4 is 34.3 Å². The number of aryl methyl sites for hydroxylation is 1. The molecular formula is C21H19N3O3S. The largest absolute Gasteiger partial charge is 0.507 e. The lowest BCUT2D eigenvalue weighted by molar-refractivity contribution is -0.142. The van der Waals surface area contributed by atoms with E-state index >= 15 is 0 Å². The SMILES string of the molecule is C[C@H](Sc1ccccc1)C(=O)OC/C(O)=C(\C#N)c1nc2ccccc2n1C. The van der Waals surface area contributed by atoms with Crippen molar-refractivity contribution in [2.24, 2.45) is 7.05 Å². The van der Waals surface area contributed by atoms with E-state index in [0.717, 1.165) is 10.4 Å². The lowest BCUT2D eigenvalue weighted by Gasteiger charge is -2.11. The first-order valence-corrected chi connectivity index (χ1v) is 9.51. The van der Waals surface area contributed by atoms with Crippen LogP contribution in [0.2, 0.25) is 0 Å². The van der Waals surface area contributed by atoms with Gasteiger partial charge in [-0.25, -0.2) is 4.98 Å². The molecule has 0 fully saturated rings. The van der Waals surface area contributed by atoms with Crippen molar-refractivity contribution in [3.8, 4) is 6.07 Å². The number of aliphatic hydroxyl groups is 1. The van der Waals surface area contributed by atoms with Crippen molar-refractivity contribution in [1.82, 2.24) is 9.55 Å². The minimum atomic E-state index is -0.470. The minimum Gasteiger partial charge on any atom is -0.507 e. The van der Waals surface area contributed by atoms with Gasteiger partial charge in [-0.05, 0) is 31.2 Å². The number of allylic oxidation sites excluding steroid dienone is 1. The van der Waals surface area contributed by atoms with Crippen molar-refractivity contribution in [3.63, 3.8) is 0 Å².